The number of nitrogens with one attached hydrogen (secondary N) is 1. The summed E-state index contributed by atoms with van der Waals surface area (Å²) in [6, 6.07) is 12.8. The second kappa shape index (κ2) is 11.3. The molecule has 1 N–H and O–H groups in total. The molecule has 5 heteroatoms. The molecular formula is C21H27F3N2. The largest absolute Gasteiger partial charge is 0.433 e. The number of aromatic nitrogens is 1. The summed E-state index contributed by atoms with van der Waals surface area (Å²) < 4.78 is 37.4. The highest BCUT2D eigenvalue weighted by Crippen LogP contribution is 2.29. The summed E-state index contributed by atoms with van der Waals surface area (Å²) in [5.74, 6) is 0. The normalized spacial score (nSPS) is 10.7. The molecule has 0 atom stereocenters. The first kappa shape index (κ1) is 21.7. The third-order valence-corrected chi connectivity index (χ3v) is 3.64. The molecule has 26 heavy (non-hydrogen) atoms. The van der Waals surface area contributed by atoms with Gasteiger partial charge < -0.3 is 5.32 Å². The fourth-order valence-electron chi connectivity index (χ4n) is 2.23. The average molecular weight is 364 g/mol. The Morgan fingerprint density at radius 1 is 1.08 bits per heavy atom. The van der Waals surface area contributed by atoms with E-state index in [0.29, 0.717) is 5.69 Å². The van der Waals surface area contributed by atoms with E-state index in [1.165, 1.54) is 18.1 Å². The molecule has 0 saturated carbocycles. The summed E-state index contributed by atoms with van der Waals surface area (Å²) in [7, 11) is 0. The molecule has 0 bridgehead atoms. The van der Waals surface area contributed by atoms with Gasteiger partial charge in [0.05, 0.1) is 0 Å². The summed E-state index contributed by atoms with van der Waals surface area (Å²) >= 11 is 0. The van der Waals surface area contributed by atoms with E-state index >= 15 is 0 Å². The standard InChI is InChI=1S/C14H19F3N2.C7H8/c1-3-4-5-6-7-11(2)19-12-8-9-18-13(10-12)14(15,16)17;1-7-5-3-2-4-6-7/h8-10H,2-7H2,1H3,(H,18,19);2-6H,1H3. The number of alkyl halides is 3. The Morgan fingerprint density at radius 2 is 1.77 bits per heavy atom. The van der Waals surface area contributed by atoms with Gasteiger partial charge in [-0.25, -0.2) is 0 Å². The molecule has 0 fully saturated rings. The van der Waals surface area contributed by atoms with Crippen molar-refractivity contribution in [1.82, 2.24) is 4.98 Å². The van der Waals surface area contributed by atoms with E-state index in [-0.39, 0.29) is 0 Å². The second-order valence-corrected chi connectivity index (χ2v) is 6.12. The minimum absolute atomic E-state index is 0.378. The van der Waals surface area contributed by atoms with E-state index in [2.05, 4.69) is 42.9 Å². The van der Waals surface area contributed by atoms with Gasteiger partial charge in [0.2, 0.25) is 0 Å². The van der Waals surface area contributed by atoms with Crippen molar-refractivity contribution in [2.75, 3.05) is 5.32 Å². The summed E-state index contributed by atoms with van der Waals surface area (Å²) in [6.45, 7) is 8.04. The number of hydrogen-bond acceptors (Lipinski definition) is 2. The third-order valence-electron chi connectivity index (χ3n) is 3.64. The highest BCUT2D eigenvalue weighted by molar-refractivity contribution is 5.48. The van der Waals surface area contributed by atoms with Crippen molar-refractivity contribution >= 4 is 5.69 Å². The van der Waals surface area contributed by atoms with Gasteiger partial charge in [0.25, 0.3) is 0 Å². The van der Waals surface area contributed by atoms with Crippen LogP contribution in [0.1, 0.15) is 50.3 Å². The Kier molecular flexibility index (Phi) is 9.48. The van der Waals surface area contributed by atoms with Gasteiger partial charge in [-0.2, -0.15) is 13.2 Å². The Morgan fingerprint density at radius 3 is 2.31 bits per heavy atom. The maximum absolute atomic E-state index is 12.5. The molecule has 1 heterocycles. The van der Waals surface area contributed by atoms with Crippen LogP contribution in [0.4, 0.5) is 18.9 Å². The zero-order chi connectivity index (χ0) is 19.4. The molecule has 0 radical (unpaired) electrons. The summed E-state index contributed by atoms with van der Waals surface area (Å²) in [4.78, 5) is 3.31. The third kappa shape index (κ3) is 9.25. The number of allylic oxidation sites excluding steroid dienone is 1. The second-order valence-electron chi connectivity index (χ2n) is 6.12. The topological polar surface area (TPSA) is 24.9 Å². The van der Waals surface area contributed by atoms with E-state index in [1.54, 1.807) is 0 Å². The van der Waals surface area contributed by atoms with E-state index < -0.39 is 11.9 Å². The number of pyridine rings is 1. The summed E-state index contributed by atoms with van der Waals surface area (Å²) in [6.07, 6.45) is 1.93. The number of nitrogens with zero attached hydrogens (tertiary/aromatic N) is 1. The minimum Gasteiger partial charge on any atom is -0.359 e. The number of aryl methyl sites for hydroxylation is 1. The van der Waals surface area contributed by atoms with Crippen LogP contribution in [0.3, 0.4) is 0 Å². The van der Waals surface area contributed by atoms with Gasteiger partial charge in [-0.3, -0.25) is 4.98 Å². The lowest BCUT2D eigenvalue weighted by Crippen LogP contribution is -2.08. The first-order valence-electron chi connectivity index (χ1n) is 8.82. The van der Waals surface area contributed by atoms with Gasteiger partial charge in [0.1, 0.15) is 5.69 Å². The molecule has 1 aromatic heterocycles. The Bertz CT molecular complexity index is 652. The SMILES string of the molecule is C=C(CCCCCC)Nc1ccnc(C(F)(F)F)c1.Cc1ccccc1. The fourth-order valence-corrected chi connectivity index (χ4v) is 2.23. The Balaban J connectivity index is 0.000000401. The van der Waals surface area contributed by atoms with E-state index in [0.717, 1.165) is 43.6 Å². The molecule has 142 valence electrons. The van der Waals surface area contributed by atoms with E-state index in [1.807, 2.05) is 18.2 Å². The average Bonchev–Trinajstić information content (AvgIpc) is 2.59. The molecule has 1 aromatic carbocycles. The van der Waals surface area contributed by atoms with Crippen molar-refractivity contribution in [3.05, 3.63) is 72.2 Å². The van der Waals surface area contributed by atoms with Crippen molar-refractivity contribution < 1.29 is 13.2 Å². The number of halogens is 3. The Labute approximate surface area is 154 Å². The summed E-state index contributed by atoms with van der Waals surface area (Å²) in [5, 5.41) is 2.90. The van der Waals surface area contributed by atoms with Gasteiger partial charge in [-0.15, -0.1) is 0 Å². The highest BCUT2D eigenvalue weighted by atomic mass is 19.4. The van der Waals surface area contributed by atoms with Crippen molar-refractivity contribution in [2.45, 2.75) is 52.1 Å². The van der Waals surface area contributed by atoms with Crippen LogP contribution in [0.5, 0.6) is 0 Å². The lowest BCUT2D eigenvalue weighted by Gasteiger charge is -2.11. The summed E-state index contributed by atoms with van der Waals surface area (Å²) in [5.41, 5.74) is 1.54. The first-order chi connectivity index (χ1) is 12.3. The highest BCUT2D eigenvalue weighted by Gasteiger charge is 2.32. The maximum Gasteiger partial charge on any atom is 0.433 e. The van der Waals surface area contributed by atoms with Gasteiger partial charge in [-0.05, 0) is 31.9 Å². The maximum atomic E-state index is 12.5. The predicted molar refractivity (Wildman–Crippen MR) is 102 cm³/mol. The van der Waals surface area contributed by atoms with Crippen LogP contribution in [-0.2, 0) is 6.18 Å². The molecule has 2 rings (SSSR count). The zero-order valence-corrected chi connectivity index (χ0v) is 15.4. The molecule has 0 spiro atoms. The fraction of sp³-hybridized carbons (Fsp3) is 0.381. The number of benzene rings is 1. The minimum atomic E-state index is -4.42. The molecule has 0 aliphatic carbocycles. The lowest BCUT2D eigenvalue weighted by atomic mass is 10.1. The molecule has 0 aliphatic rings. The molecule has 0 saturated heterocycles. The van der Waals surface area contributed by atoms with Crippen molar-refractivity contribution in [3.63, 3.8) is 0 Å². The smallest absolute Gasteiger partial charge is 0.359 e. The number of rotatable bonds is 7. The van der Waals surface area contributed by atoms with Crippen molar-refractivity contribution in [2.24, 2.45) is 0 Å². The van der Waals surface area contributed by atoms with Crippen LogP contribution >= 0.6 is 0 Å². The monoisotopic (exact) mass is 364 g/mol. The molecule has 2 nitrogen and oxygen atoms in total. The van der Waals surface area contributed by atoms with Crippen molar-refractivity contribution in [3.8, 4) is 0 Å². The van der Waals surface area contributed by atoms with Crippen LogP contribution in [0.15, 0.2) is 60.9 Å². The van der Waals surface area contributed by atoms with E-state index in [4.69, 9.17) is 0 Å². The number of unbranched alkanes of at least 4 members (excludes halogenated alkanes) is 3. The first-order valence-corrected chi connectivity index (χ1v) is 8.82. The van der Waals surface area contributed by atoms with Crippen LogP contribution < -0.4 is 5.32 Å². The molecule has 0 unspecified atom stereocenters. The molecule has 0 amide bonds. The van der Waals surface area contributed by atoms with Gasteiger partial charge in [0, 0.05) is 17.6 Å². The van der Waals surface area contributed by atoms with Crippen LogP contribution in [0.2, 0.25) is 0 Å². The van der Waals surface area contributed by atoms with Crippen LogP contribution in [0.25, 0.3) is 0 Å². The Hall–Kier alpha value is -2.30. The molecule has 2 aromatic rings. The van der Waals surface area contributed by atoms with E-state index in [9.17, 15) is 13.2 Å². The lowest BCUT2D eigenvalue weighted by molar-refractivity contribution is -0.141. The molecular weight excluding hydrogens is 337 g/mol. The predicted octanol–water partition coefficient (Wildman–Crippen LogP) is 6.99. The van der Waals surface area contributed by atoms with Crippen LogP contribution in [-0.4, -0.2) is 4.98 Å². The van der Waals surface area contributed by atoms with Crippen LogP contribution in [0, 0.1) is 6.92 Å². The van der Waals surface area contributed by atoms with Crippen molar-refractivity contribution in [1.29, 1.82) is 0 Å². The van der Waals surface area contributed by atoms with Gasteiger partial charge in [-0.1, -0.05) is 68.7 Å². The molecule has 0 aliphatic heterocycles. The zero-order valence-electron chi connectivity index (χ0n) is 15.4. The number of hydrogen-bond donors (Lipinski definition) is 1. The van der Waals surface area contributed by atoms with Gasteiger partial charge >= 0.3 is 6.18 Å². The van der Waals surface area contributed by atoms with Gasteiger partial charge in [0.15, 0.2) is 0 Å². The number of anilines is 1. The quantitative estimate of drug-likeness (QED) is 0.535.